The van der Waals surface area contributed by atoms with Gasteiger partial charge in [-0.15, -0.1) is 0 Å². The smallest absolute Gasteiger partial charge is 0.0766 e. The maximum absolute atomic E-state index is 5.17. The molecular formula is C13H24BrN3O. The summed E-state index contributed by atoms with van der Waals surface area (Å²) >= 11 is 3.67. The van der Waals surface area contributed by atoms with E-state index in [4.69, 9.17) is 4.74 Å². The van der Waals surface area contributed by atoms with Gasteiger partial charge in [-0.2, -0.15) is 5.10 Å². The number of hydrogen-bond donors (Lipinski definition) is 1. The molecule has 0 bridgehead atoms. The molecule has 0 aliphatic heterocycles. The Kier molecular flexibility index (Phi) is 6.89. The normalized spacial score (nSPS) is 12.9. The van der Waals surface area contributed by atoms with E-state index in [1.807, 2.05) is 11.7 Å². The number of likely N-dealkylation sites (N-methyl/N-ethyl adjacent to an activating group) is 1. The van der Waals surface area contributed by atoms with Gasteiger partial charge in [0.1, 0.15) is 0 Å². The lowest BCUT2D eigenvalue weighted by molar-refractivity contribution is 0.182. The van der Waals surface area contributed by atoms with Crippen molar-refractivity contribution < 1.29 is 4.74 Å². The molecule has 0 radical (unpaired) electrons. The summed E-state index contributed by atoms with van der Waals surface area (Å²) in [6, 6.07) is 0.436. The van der Waals surface area contributed by atoms with Crippen LogP contribution in [0.4, 0.5) is 0 Å². The fourth-order valence-corrected chi connectivity index (χ4v) is 2.88. The summed E-state index contributed by atoms with van der Waals surface area (Å²) in [6.45, 7) is 6.03. The van der Waals surface area contributed by atoms with E-state index in [9.17, 15) is 0 Å². The van der Waals surface area contributed by atoms with E-state index >= 15 is 0 Å². The largest absolute Gasteiger partial charge is 0.385 e. The van der Waals surface area contributed by atoms with Gasteiger partial charge in [-0.05, 0) is 35.3 Å². The molecule has 0 amide bonds. The topological polar surface area (TPSA) is 39.1 Å². The van der Waals surface area contributed by atoms with E-state index in [0.29, 0.717) is 6.04 Å². The molecule has 0 fully saturated rings. The van der Waals surface area contributed by atoms with Crippen molar-refractivity contribution in [2.75, 3.05) is 20.3 Å². The van der Waals surface area contributed by atoms with Crippen molar-refractivity contribution in [3.63, 3.8) is 0 Å². The number of methoxy groups -OCH3 is 1. The summed E-state index contributed by atoms with van der Waals surface area (Å²) in [7, 11) is 3.76. The summed E-state index contributed by atoms with van der Waals surface area (Å²) < 4.78 is 8.32. The third-order valence-corrected chi connectivity index (χ3v) is 4.02. The maximum Gasteiger partial charge on any atom is 0.0766 e. The van der Waals surface area contributed by atoms with Crippen LogP contribution in [0.25, 0.3) is 0 Å². The molecule has 1 aromatic heterocycles. The molecule has 4 nitrogen and oxygen atoms in total. The van der Waals surface area contributed by atoms with Gasteiger partial charge in [-0.3, -0.25) is 4.68 Å². The Hall–Kier alpha value is -0.390. The van der Waals surface area contributed by atoms with Gasteiger partial charge in [0.25, 0.3) is 0 Å². The quantitative estimate of drug-likeness (QED) is 0.799. The van der Waals surface area contributed by atoms with Crippen molar-refractivity contribution in [3.05, 3.63) is 15.9 Å². The summed E-state index contributed by atoms with van der Waals surface area (Å²) in [5, 5.41) is 8.04. The summed E-state index contributed by atoms with van der Waals surface area (Å²) in [5.74, 6) is 0. The molecule has 18 heavy (non-hydrogen) atoms. The van der Waals surface area contributed by atoms with Gasteiger partial charge in [0, 0.05) is 33.2 Å². The first-order valence-electron chi connectivity index (χ1n) is 6.56. The second-order valence-electron chi connectivity index (χ2n) is 4.42. The van der Waals surface area contributed by atoms with Crippen LogP contribution in [0.2, 0.25) is 0 Å². The minimum atomic E-state index is 0.436. The van der Waals surface area contributed by atoms with Crippen LogP contribution in [-0.2, 0) is 24.6 Å². The summed E-state index contributed by atoms with van der Waals surface area (Å²) in [5.41, 5.74) is 2.39. The van der Waals surface area contributed by atoms with E-state index in [-0.39, 0.29) is 0 Å². The Morgan fingerprint density at radius 1 is 1.44 bits per heavy atom. The van der Waals surface area contributed by atoms with E-state index < -0.39 is 0 Å². The zero-order chi connectivity index (χ0) is 13.5. The number of ether oxygens (including phenoxy) is 1. The standard InChI is InChI=1S/C13H24BrN3O/c1-5-11-13(14)12(17(3)16-11)9-10(15-6-2)7-8-18-4/h10,15H,5-9H2,1-4H3. The first-order valence-corrected chi connectivity index (χ1v) is 7.35. The molecule has 1 rings (SSSR count). The Bertz CT molecular complexity index is 365. The zero-order valence-corrected chi connectivity index (χ0v) is 13.4. The molecule has 1 heterocycles. The highest BCUT2D eigenvalue weighted by Gasteiger charge is 2.17. The fraction of sp³-hybridized carbons (Fsp3) is 0.769. The van der Waals surface area contributed by atoms with Crippen LogP contribution in [0.3, 0.4) is 0 Å². The van der Waals surface area contributed by atoms with Crippen LogP contribution in [0, 0.1) is 0 Å². The lowest BCUT2D eigenvalue weighted by Crippen LogP contribution is -2.32. The number of halogens is 1. The van der Waals surface area contributed by atoms with Gasteiger partial charge in [0.2, 0.25) is 0 Å². The lowest BCUT2D eigenvalue weighted by atomic mass is 10.1. The third kappa shape index (κ3) is 4.07. The Labute approximate surface area is 118 Å². The fourth-order valence-electron chi connectivity index (χ4n) is 2.10. The van der Waals surface area contributed by atoms with Crippen LogP contribution in [0.5, 0.6) is 0 Å². The van der Waals surface area contributed by atoms with Crippen LogP contribution < -0.4 is 5.32 Å². The van der Waals surface area contributed by atoms with Crippen molar-refractivity contribution in [2.45, 2.75) is 39.2 Å². The van der Waals surface area contributed by atoms with Crippen molar-refractivity contribution in [1.82, 2.24) is 15.1 Å². The number of nitrogens with zero attached hydrogens (tertiary/aromatic N) is 2. The van der Waals surface area contributed by atoms with E-state index in [0.717, 1.165) is 42.6 Å². The Morgan fingerprint density at radius 3 is 2.67 bits per heavy atom. The first-order chi connectivity index (χ1) is 8.63. The SMILES string of the molecule is CCNC(CCOC)Cc1c(Br)c(CC)nn1C. The molecule has 0 saturated carbocycles. The molecule has 0 aromatic carbocycles. The molecule has 1 atom stereocenters. The van der Waals surface area contributed by atoms with Crippen LogP contribution in [0.1, 0.15) is 31.7 Å². The lowest BCUT2D eigenvalue weighted by Gasteiger charge is -2.17. The molecular weight excluding hydrogens is 294 g/mol. The third-order valence-electron chi connectivity index (χ3n) is 3.11. The van der Waals surface area contributed by atoms with Crippen molar-refractivity contribution in [3.8, 4) is 0 Å². The van der Waals surface area contributed by atoms with Crippen LogP contribution in [0.15, 0.2) is 4.47 Å². The summed E-state index contributed by atoms with van der Waals surface area (Å²) in [4.78, 5) is 0. The summed E-state index contributed by atoms with van der Waals surface area (Å²) in [6.07, 6.45) is 2.95. The Balaban J connectivity index is 2.76. The van der Waals surface area contributed by atoms with Crippen LogP contribution in [-0.4, -0.2) is 36.1 Å². The van der Waals surface area contributed by atoms with E-state index in [1.54, 1.807) is 7.11 Å². The predicted molar refractivity (Wildman–Crippen MR) is 77.9 cm³/mol. The van der Waals surface area contributed by atoms with E-state index in [1.165, 1.54) is 5.69 Å². The average molecular weight is 318 g/mol. The molecule has 0 aliphatic carbocycles. The molecule has 5 heteroatoms. The van der Waals surface area contributed by atoms with Gasteiger partial charge in [-0.1, -0.05) is 13.8 Å². The maximum atomic E-state index is 5.17. The molecule has 104 valence electrons. The number of hydrogen-bond acceptors (Lipinski definition) is 3. The minimum Gasteiger partial charge on any atom is -0.385 e. The number of aryl methyl sites for hydroxylation is 2. The highest BCUT2D eigenvalue weighted by atomic mass is 79.9. The average Bonchev–Trinajstić information content (AvgIpc) is 2.63. The van der Waals surface area contributed by atoms with Gasteiger partial charge in [0.15, 0.2) is 0 Å². The van der Waals surface area contributed by atoms with Gasteiger partial charge in [0.05, 0.1) is 15.9 Å². The molecule has 0 aliphatic rings. The zero-order valence-electron chi connectivity index (χ0n) is 11.8. The van der Waals surface area contributed by atoms with Crippen molar-refractivity contribution >= 4 is 15.9 Å². The highest BCUT2D eigenvalue weighted by Crippen LogP contribution is 2.23. The van der Waals surface area contributed by atoms with Gasteiger partial charge >= 0.3 is 0 Å². The molecule has 1 aromatic rings. The Morgan fingerprint density at radius 2 is 2.17 bits per heavy atom. The van der Waals surface area contributed by atoms with Crippen molar-refractivity contribution in [1.29, 1.82) is 0 Å². The van der Waals surface area contributed by atoms with E-state index in [2.05, 4.69) is 40.2 Å². The van der Waals surface area contributed by atoms with Gasteiger partial charge in [-0.25, -0.2) is 0 Å². The molecule has 1 unspecified atom stereocenters. The number of nitrogens with one attached hydrogen (secondary N) is 1. The predicted octanol–water partition coefficient (Wildman–Crippen LogP) is 2.30. The number of aromatic nitrogens is 2. The van der Waals surface area contributed by atoms with Crippen LogP contribution >= 0.6 is 15.9 Å². The molecule has 0 saturated heterocycles. The van der Waals surface area contributed by atoms with Gasteiger partial charge < -0.3 is 10.1 Å². The van der Waals surface area contributed by atoms with Crippen molar-refractivity contribution in [2.24, 2.45) is 7.05 Å². The second-order valence-corrected chi connectivity index (χ2v) is 5.22. The molecule has 0 spiro atoms. The molecule has 1 N–H and O–H groups in total. The first kappa shape index (κ1) is 15.7. The minimum absolute atomic E-state index is 0.436. The second kappa shape index (κ2) is 7.92. The highest BCUT2D eigenvalue weighted by molar-refractivity contribution is 9.10. The number of rotatable bonds is 8. The monoisotopic (exact) mass is 317 g/mol.